The van der Waals surface area contributed by atoms with Crippen LogP contribution in [0.3, 0.4) is 0 Å². The normalized spacial score (nSPS) is 11.3. The van der Waals surface area contributed by atoms with Crippen molar-refractivity contribution in [3.63, 3.8) is 0 Å². The molecule has 0 aliphatic heterocycles. The molecule has 0 saturated heterocycles. The zero-order chi connectivity index (χ0) is 10.7. The Balaban J connectivity index is 2.57. The Morgan fingerprint density at radius 2 is 2.20 bits per heavy atom. The van der Waals surface area contributed by atoms with Crippen LogP contribution in [0.25, 0.3) is 17.0 Å². The van der Waals surface area contributed by atoms with Gasteiger partial charge in [-0.15, -0.1) is 0 Å². The molecule has 0 aliphatic rings. The molecule has 1 heteroatoms. The molecule has 15 heavy (non-hydrogen) atoms. The fourth-order valence-corrected chi connectivity index (χ4v) is 1.74. The summed E-state index contributed by atoms with van der Waals surface area (Å²) >= 11 is 0. The van der Waals surface area contributed by atoms with Crippen molar-refractivity contribution in [3.8, 4) is 0 Å². The smallest absolute Gasteiger partial charge is 0.0710 e. The van der Waals surface area contributed by atoms with Crippen LogP contribution in [-0.4, -0.2) is 4.98 Å². The third-order valence-electron chi connectivity index (χ3n) is 2.50. The summed E-state index contributed by atoms with van der Waals surface area (Å²) in [5.74, 6) is 0. The number of pyridine rings is 1. The molecule has 0 amide bonds. The lowest BCUT2D eigenvalue weighted by Gasteiger charge is -2.02. The number of benzene rings is 1. The van der Waals surface area contributed by atoms with E-state index in [0.717, 1.165) is 11.9 Å². The molecule has 1 heterocycles. The van der Waals surface area contributed by atoms with E-state index in [0.29, 0.717) is 0 Å². The van der Waals surface area contributed by atoms with Crippen LogP contribution in [0, 0.1) is 6.92 Å². The van der Waals surface area contributed by atoms with Crippen LogP contribution in [0.15, 0.2) is 36.5 Å². The molecular formula is C14H15N. The summed E-state index contributed by atoms with van der Waals surface area (Å²) in [5, 5.41) is 1.24. The maximum Gasteiger partial charge on any atom is 0.0710 e. The van der Waals surface area contributed by atoms with Crippen molar-refractivity contribution in [2.24, 2.45) is 0 Å². The van der Waals surface area contributed by atoms with Gasteiger partial charge in [-0.05, 0) is 36.6 Å². The average molecular weight is 197 g/mol. The second kappa shape index (κ2) is 4.26. The summed E-state index contributed by atoms with van der Waals surface area (Å²) in [5.41, 5.74) is 3.60. The topological polar surface area (TPSA) is 12.9 Å². The first kappa shape index (κ1) is 9.91. The second-order valence-corrected chi connectivity index (χ2v) is 3.72. The summed E-state index contributed by atoms with van der Waals surface area (Å²) in [7, 11) is 0. The number of allylic oxidation sites excluding steroid dienone is 1. The molecule has 0 bridgehead atoms. The predicted octanol–water partition coefficient (Wildman–Crippen LogP) is 3.97. The number of aryl methyl sites for hydroxylation is 1. The Kier molecular flexibility index (Phi) is 2.82. The van der Waals surface area contributed by atoms with E-state index in [1.54, 1.807) is 0 Å². The first-order chi connectivity index (χ1) is 7.31. The summed E-state index contributed by atoms with van der Waals surface area (Å²) in [6.45, 7) is 4.27. The molecule has 76 valence electrons. The van der Waals surface area contributed by atoms with Crippen molar-refractivity contribution in [3.05, 3.63) is 47.7 Å². The number of aromatic nitrogens is 1. The lowest BCUT2D eigenvalue weighted by molar-refractivity contribution is 1.23. The van der Waals surface area contributed by atoms with Gasteiger partial charge in [-0.1, -0.05) is 31.2 Å². The van der Waals surface area contributed by atoms with Crippen molar-refractivity contribution in [1.82, 2.24) is 4.98 Å². The van der Waals surface area contributed by atoms with Gasteiger partial charge >= 0.3 is 0 Å². The van der Waals surface area contributed by atoms with Gasteiger partial charge in [0.05, 0.1) is 5.52 Å². The molecule has 0 N–H and O–H groups in total. The van der Waals surface area contributed by atoms with E-state index in [4.69, 9.17) is 0 Å². The van der Waals surface area contributed by atoms with Gasteiger partial charge in [0.1, 0.15) is 0 Å². The number of hydrogen-bond donors (Lipinski definition) is 0. The molecule has 0 fully saturated rings. The largest absolute Gasteiger partial charge is 0.256 e. The Morgan fingerprint density at radius 1 is 1.33 bits per heavy atom. The summed E-state index contributed by atoms with van der Waals surface area (Å²) in [6.07, 6.45) is 7.24. The Labute approximate surface area is 90.5 Å². The standard InChI is InChI=1S/C14H15N/c1-3-4-6-12-9-11(2)13-7-5-8-15-14(13)10-12/h4-10H,3H2,1-2H3/b6-4+. The van der Waals surface area contributed by atoms with Gasteiger partial charge in [0.15, 0.2) is 0 Å². The Hall–Kier alpha value is -1.63. The molecule has 1 aromatic carbocycles. The predicted molar refractivity (Wildman–Crippen MR) is 65.8 cm³/mol. The quantitative estimate of drug-likeness (QED) is 0.710. The van der Waals surface area contributed by atoms with Gasteiger partial charge in [-0.25, -0.2) is 0 Å². The minimum Gasteiger partial charge on any atom is -0.256 e. The SMILES string of the molecule is CC/C=C/c1cc(C)c2cccnc2c1. The number of fused-ring (bicyclic) bond motifs is 1. The van der Waals surface area contributed by atoms with Crippen molar-refractivity contribution >= 4 is 17.0 Å². The first-order valence-electron chi connectivity index (χ1n) is 5.33. The highest BCUT2D eigenvalue weighted by Gasteiger charge is 1.98. The summed E-state index contributed by atoms with van der Waals surface area (Å²) in [6, 6.07) is 8.44. The van der Waals surface area contributed by atoms with Crippen LogP contribution >= 0.6 is 0 Å². The van der Waals surface area contributed by atoms with Crippen molar-refractivity contribution < 1.29 is 0 Å². The van der Waals surface area contributed by atoms with Crippen LogP contribution in [0.4, 0.5) is 0 Å². The zero-order valence-corrected chi connectivity index (χ0v) is 9.20. The molecule has 2 rings (SSSR count). The first-order valence-corrected chi connectivity index (χ1v) is 5.33. The minimum atomic E-state index is 1.07. The van der Waals surface area contributed by atoms with Gasteiger partial charge in [-0.3, -0.25) is 4.98 Å². The van der Waals surface area contributed by atoms with E-state index >= 15 is 0 Å². The van der Waals surface area contributed by atoms with Crippen LogP contribution in [0.1, 0.15) is 24.5 Å². The number of nitrogens with zero attached hydrogens (tertiary/aromatic N) is 1. The summed E-state index contributed by atoms with van der Waals surface area (Å²) in [4.78, 5) is 4.38. The van der Waals surface area contributed by atoms with Crippen LogP contribution < -0.4 is 0 Å². The van der Waals surface area contributed by atoms with Gasteiger partial charge in [-0.2, -0.15) is 0 Å². The molecule has 0 saturated carbocycles. The number of rotatable bonds is 2. The van der Waals surface area contributed by atoms with E-state index in [-0.39, 0.29) is 0 Å². The van der Waals surface area contributed by atoms with Crippen LogP contribution in [0.5, 0.6) is 0 Å². The third-order valence-corrected chi connectivity index (χ3v) is 2.50. The van der Waals surface area contributed by atoms with Gasteiger partial charge < -0.3 is 0 Å². The second-order valence-electron chi connectivity index (χ2n) is 3.72. The third kappa shape index (κ3) is 2.07. The summed E-state index contributed by atoms with van der Waals surface area (Å²) < 4.78 is 0. The molecule has 0 spiro atoms. The van der Waals surface area contributed by atoms with Crippen LogP contribution in [0.2, 0.25) is 0 Å². The Morgan fingerprint density at radius 3 is 3.00 bits per heavy atom. The van der Waals surface area contributed by atoms with Gasteiger partial charge in [0.2, 0.25) is 0 Å². The van der Waals surface area contributed by atoms with E-state index < -0.39 is 0 Å². The fraction of sp³-hybridized carbons (Fsp3) is 0.214. The van der Waals surface area contributed by atoms with E-state index in [1.807, 2.05) is 12.3 Å². The monoisotopic (exact) mass is 197 g/mol. The van der Waals surface area contributed by atoms with Crippen LogP contribution in [-0.2, 0) is 0 Å². The van der Waals surface area contributed by atoms with Crippen molar-refractivity contribution in [1.29, 1.82) is 0 Å². The highest BCUT2D eigenvalue weighted by molar-refractivity contribution is 5.84. The number of hydrogen-bond acceptors (Lipinski definition) is 1. The zero-order valence-electron chi connectivity index (χ0n) is 9.20. The average Bonchev–Trinajstić information content (AvgIpc) is 2.26. The van der Waals surface area contributed by atoms with Gasteiger partial charge in [0.25, 0.3) is 0 Å². The lowest BCUT2D eigenvalue weighted by atomic mass is 10.1. The maximum atomic E-state index is 4.38. The highest BCUT2D eigenvalue weighted by atomic mass is 14.6. The van der Waals surface area contributed by atoms with E-state index in [9.17, 15) is 0 Å². The molecule has 1 nitrogen and oxygen atoms in total. The van der Waals surface area contributed by atoms with Gasteiger partial charge in [0, 0.05) is 11.6 Å². The molecule has 1 aromatic heterocycles. The fourth-order valence-electron chi connectivity index (χ4n) is 1.74. The molecule has 0 unspecified atom stereocenters. The Bertz CT molecular complexity index is 498. The highest BCUT2D eigenvalue weighted by Crippen LogP contribution is 2.19. The van der Waals surface area contributed by atoms with E-state index in [1.165, 1.54) is 16.5 Å². The van der Waals surface area contributed by atoms with Crippen molar-refractivity contribution in [2.75, 3.05) is 0 Å². The molecular weight excluding hydrogens is 182 g/mol. The molecule has 2 aromatic rings. The lowest BCUT2D eigenvalue weighted by Crippen LogP contribution is -1.83. The molecule has 0 atom stereocenters. The molecule has 0 radical (unpaired) electrons. The maximum absolute atomic E-state index is 4.38. The molecule has 0 aliphatic carbocycles. The van der Waals surface area contributed by atoms with Crippen molar-refractivity contribution in [2.45, 2.75) is 20.3 Å². The van der Waals surface area contributed by atoms with E-state index in [2.05, 4.69) is 49.2 Å². The minimum absolute atomic E-state index is 1.07.